The first-order valence-electron chi connectivity index (χ1n) is 11.2. The third-order valence-electron chi connectivity index (χ3n) is 5.85. The van der Waals surface area contributed by atoms with Crippen molar-refractivity contribution in [3.05, 3.63) is 82.0 Å². The summed E-state index contributed by atoms with van der Waals surface area (Å²) >= 11 is 1.56. The van der Waals surface area contributed by atoms with Crippen molar-refractivity contribution in [2.75, 3.05) is 11.9 Å². The summed E-state index contributed by atoms with van der Waals surface area (Å²) < 4.78 is 28.7. The molecule has 0 saturated carbocycles. The van der Waals surface area contributed by atoms with Gasteiger partial charge in [-0.1, -0.05) is 37.3 Å². The van der Waals surface area contributed by atoms with E-state index in [9.17, 15) is 18.0 Å². The van der Waals surface area contributed by atoms with Crippen LogP contribution in [-0.2, 0) is 32.6 Å². The second-order valence-electron chi connectivity index (χ2n) is 8.07. The number of hydrogen-bond acceptors (Lipinski definition) is 5. The Morgan fingerprint density at radius 2 is 1.79 bits per heavy atom. The van der Waals surface area contributed by atoms with Crippen molar-refractivity contribution in [2.24, 2.45) is 0 Å². The van der Waals surface area contributed by atoms with E-state index in [0.717, 1.165) is 16.0 Å². The molecule has 178 valence electrons. The minimum Gasteiger partial charge on any atom is -0.351 e. The number of amides is 2. The first-order valence-corrected chi connectivity index (χ1v) is 13.5. The van der Waals surface area contributed by atoms with E-state index in [2.05, 4.69) is 10.6 Å². The van der Waals surface area contributed by atoms with Gasteiger partial charge in [-0.3, -0.25) is 9.59 Å². The Hall–Kier alpha value is -3.01. The third-order valence-corrected chi connectivity index (χ3v) is 8.65. The van der Waals surface area contributed by atoms with Crippen LogP contribution >= 0.6 is 11.3 Å². The lowest BCUT2D eigenvalue weighted by Crippen LogP contribution is -2.42. The highest BCUT2D eigenvalue weighted by Gasteiger charge is 2.37. The molecule has 2 N–H and O–H groups in total. The van der Waals surface area contributed by atoms with Gasteiger partial charge in [-0.2, -0.15) is 4.31 Å². The normalized spacial score (nSPS) is 16.0. The van der Waals surface area contributed by atoms with Gasteiger partial charge in [-0.25, -0.2) is 8.42 Å². The van der Waals surface area contributed by atoms with Crippen LogP contribution in [0.25, 0.3) is 0 Å². The quantitative estimate of drug-likeness (QED) is 0.490. The molecule has 1 aliphatic rings. The van der Waals surface area contributed by atoms with Gasteiger partial charge in [0.05, 0.1) is 17.5 Å². The summed E-state index contributed by atoms with van der Waals surface area (Å²) in [4.78, 5) is 25.6. The molecule has 34 heavy (non-hydrogen) atoms. The Kier molecular flexibility index (Phi) is 7.45. The molecule has 1 aliphatic heterocycles. The SMILES string of the molecule is CCC(=O)Nc1ccc(S(=O)(=O)N2CCc3ccccc3C2CC(=O)NCc2cccs2)cc1. The predicted octanol–water partition coefficient (Wildman–Crippen LogP) is 4.09. The molecule has 9 heteroatoms. The van der Waals surface area contributed by atoms with Crippen LogP contribution in [0.15, 0.2) is 70.9 Å². The van der Waals surface area contributed by atoms with Gasteiger partial charge in [0.15, 0.2) is 0 Å². The van der Waals surface area contributed by atoms with Crippen LogP contribution in [-0.4, -0.2) is 31.1 Å². The van der Waals surface area contributed by atoms with Crippen molar-refractivity contribution < 1.29 is 18.0 Å². The number of anilines is 1. The molecule has 7 nitrogen and oxygen atoms in total. The van der Waals surface area contributed by atoms with Crippen molar-refractivity contribution >= 4 is 38.9 Å². The second-order valence-corrected chi connectivity index (χ2v) is 11.0. The molecule has 1 unspecified atom stereocenters. The first-order chi connectivity index (χ1) is 16.4. The number of rotatable bonds is 8. The van der Waals surface area contributed by atoms with Crippen LogP contribution in [0.3, 0.4) is 0 Å². The average molecular weight is 498 g/mol. The van der Waals surface area contributed by atoms with Gasteiger partial charge in [0.1, 0.15) is 0 Å². The van der Waals surface area contributed by atoms with E-state index in [-0.39, 0.29) is 29.7 Å². The molecule has 0 bridgehead atoms. The molecule has 1 aromatic heterocycles. The fourth-order valence-electron chi connectivity index (χ4n) is 4.07. The van der Waals surface area contributed by atoms with Crippen molar-refractivity contribution in [3.63, 3.8) is 0 Å². The first kappa shape index (κ1) is 24.1. The molecule has 4 rings (SSSR count). The van der Waals surface area contributed by atoms with Gasteiger partial charge < -0.3 is 10.6 Å². The zero-order chi connectivity index (χ0) is 24.1. The summed E-state index contributed by atoms with van der Waals surface area (Å²) in [5, 5.41) is 7.59. The Bertz CT molecular complexity index is 1260. The maximum Gasteiger partial charge on any atom is 0.243 e. The number of fused-ring (bicyclic) bond motifs is 1. The summed E-state index contributed by atoms with van der Waals surface area (Å²) in [6, 6.07) is 17.1. The van der Waals surface area contributed by atoms with Gasteiger partial charge in [-0.05, 0) is 53.3 Å². The van der Waals surface area contributed by atoms with Gasteiger partial charge >= 0.3 is 0 Å². The molecule has 0 spiro atoms. The lowest BCUT2D eigenvalue weighted by atomic mass is 9.92. The van der Waals surface area contributed by atoms with E-state index in [1.54, 1.807) is 30.4 Å². The monoisotopic (exact) mass is 497 g/mol. The number of hydrogen-bond donors (Lipinski definition) is 2. The lowest BCUT2D eigenvalue weighted by molar-refractivity contribution is -0.122. The molecular formula is C25H27N3O4S2. The van der Waals surface area contributed by atoms with Crippen LogP contribution in [0.1, 0.15) is 41.8 Å². The summed E-state index contributed by atoms with van der Waals surface area (Å²) in [7, 11) is -3.87. The fourth-order valence-corrected chi connectivity index (χ4v) is 6.32. The largest absolute Gasteiger partial charge is 0.351 e. The highest BCUT2D eigenvalue weighted by atomic mass is 32.2. The maximum atomic E-state index is 13.6. The smallest absolute Gasteiger partial charge is 0.243 e. The molecule has 0 saturated heterocycles. The minimum absolute atomic E-state index is 0.0340. The van der Waals surface area contributed by atoms with Crippen LogP contribution in [0, 0.1) is 0 Å². The Labute approximate surface area is 203 Å². The van der Waals surface area contributed by atoms with Gasteiger partial charge in [0.2, 0.25) is 21.8 Å². The lowest BCUT2D eigenvalue weighted by Gasteiger charge is -2.36. The topological polar surface area (TPSA) is 95.6 Å². The number of thiophene rings is 1. The molecule has 2 aromatic carbocycles. The van der Waals surface area contributed by atoms with E-state index in [4.69, 9.17) is 0 Å². The summed E-state index contributed by atoms with van der Waals surface area (Å²) in [5.41, 5.74) is 2.46. The van der Waals surface area contributed by atoms with E-state index in [1.165, 1.54) is 16.4 Å². The highest BCUT2D eigenvalue weighted by Crippen LogP contribution is 2.36. The Balaban J connectivity index is 1.58. The molecule has 0 fully saturated rings. The van der Waals surface area contributed by atoms with Crippen molar-refractivity contribution in [3.8, 4) is 0 Å². The molecular weight excluding hydrogens is 470 g/mol. The number of carbonyl (C=O) groups excluding carboxylic acids is 2. The van der Waals surface area contributed by atoms with E-state index in [0.29, 0.717) is 25.1 Å². The average Bonchev–Trinajstić information content (AvgIpc) is 3.37. The van der Waals surface area contributed by atoms with Gasteiger partial charge in [0, 0.05) is 30.0 Å². The molecule has 0 radical (unpaired) electrons. The van der Waals surface area contributed by atoms with E-state index < -0.39 is 16.1 Å². The summed E-state index contributed by atoms with van der Waals surface area (Å²) in [6.07, 6.45) is 0.948. The molecule has 0 aliphatic carbocycles. The predicted molar refractivity (Wildman–Crippen MR) is 133 cm³/mol. The van der Waals surface area contributed by atoms with Crippen molar-refractivity contribution in [1.29, 1.82) is 0 Å². The number of sulfonamides is 1. The van der Waals surface area contributed by atoms with E-state index >= 15 is 0 Å². The standard InChI is InChI=1S/C25H27N3O4S2/c1-2-24(29)27-19-9-11-21(12-10-19)34(31,32)28-14-13-18-6-3-4-8-22(18)23(28)16-25(30)26-17-20-7-5-15-33-20/h3-12,15,23H,2,13-14,16-17H2,1H3,(H,26,30)(H,27,29). The second kappa shape index (κ2) is 10.5. The number of nitrogens with zero attached hydrogens (tertiary/aromatic N) is 1. The highest BCUT2D eigenvalue weighted by molar-refractivity contribution is 7.89. The van der Waals surface area contributed by atoms with Gasteiger partial charge in [-0.15, -0.1) is 11.3 Å². The number of nitrogens with one attached hydrogen (secondary N) is 2. The van der Waals surface area contributed by atoms with Crippen molar-refractivity contribution in [2.45, 2.75) is 43.7 Å². The van der Waals surface area contributed by atoms with Crippen LogP contribution in [0.5, 0.6) is 0 Å². The van der Waals surface area contributed by atoms with E-state index in [1.807, 2.05) is 41.8 Å². The Morgan fingerprint density at radius 3 is 2.50 bits per heavy atom. The number of carbonyl (C=O) groups is 2. The zero-order valence-electron chi connectivity index (χ0n) is 18.9. The Morgan fingerprint density at radius 1 is 1.03 bits per heavy atom. The van der Waals surface area contributed by atoms with Crippen LogP contribution < -0.4 is 10.6 Å². The zero-order valence-corrected chi connectivity index (χ0v) is 20.5. The molecule has 3 aromatic rings. The molecule has 2 amide bonds. The van der Waals surface area contributed by atoms with Crippen LogP contribution in [0.4, 0.5) is 5.69 Å². The minimum atomic E-state index is -3.87. The maximum absolute atomic E-state index is 13.6. The summed E-state index contributed by atoms with van der Waals surface area (Å²) in [6.45, 7) is 2.46. The summed E-state index contributed by atoms with van der Waals surface area (Å²) in [5.74, 6) is -0.343. The van der Waals surface area contributed by atoms with Crippen LogP contribution in [0.2, 0.25) is 0 Å². The van der Waals surface area contributed by atoms with Crippen molar-refractivity contribution in [1.82, 2.24) is 9.62 Å². The van der Waals surface area contributed by atoms with Gasteiger partial charge in [0.25, 0.3) is 0 Å². The molecule has 2 heterocycles. The third kappa shape index (κ3) is 5.38. The molecule has 1 atom stereocenters. The fraction of sp³-hybridized carbons (Fsp3) is 0.280. The number of benzene rings is 2.